The Labute approximate surface area is 256 Å². The van der Waals surface area contributed by atoms with Gasteiger partial charge in [-0.2, -0.15) is 31.6 Å². The minimum absolute atomic E-state index is 0. The summed E-state index contributed by atoms with van der Waals surface area (Å²) in [5.41, 5.74) is -2.99. The number of amides is 1. The molecule has 45 heavy (non-hydrogen) atoms. The van der Waals surface area contributed by atoms with Crippen LogP contribution in [0.25, 0.3) is 5.69 Å². The first kappa shape index (κ1) is 35.5. The Kier molecular flexibility index (Phi) is 10.4. The molecule has 1 aliphatic carbocycles. The van der Waals surface area contributed by atoms with Crippen LogP contribution in [0.2, 0.25) is 0 Å². The van der Waals surface area contributed by atoms with Gasteiger partial charge in [-0.1, -0.05) is 20.4 Å². The Hall–Kier alpha value is -3.93. The first-order chi connectivity index (χ1) is 20.5. The predicted molar refractivity (Wildman–Crippen MR) is 152 cm³/mol. The molecule has 0 aliphatic heterocycles. The lowest BCUT2D eigenvalue weighted by Gasteiger charge is -2.30. The second-order valence-electron chi connectivity index (χ2n) is 10.5. The fraction of sp³-hybridized carbons (Fsp3) is 0.433. The molecule has 3 aromatic rings. The number of benzene rings is 2. The Balaban J connectivity index is 0.00000552. The van der Waals surface area contributed by atoms with Crippen LogP contribution in [0.4, 0.5) is 30.7 Å². The van der Waals surface area contributed by atoms with Crippen molar-refractivity contribution in [3.05, 3.63) is 82.2 Å². The predicted octanol–water partition coefficient (Wildman–Crippen LogP) is 7.00. The third-order valence-electron chi connectivity index (χ3n) is 7.35. The van der Waals surface area contributed by atoms with Crippen LogP contribution in [0.3, 0.4) is 0 Å². The van der Waals surface area contributed by atoms with Gasteiger partial charge in [-0.15, -0.1) is 0 Å². The van der Waals surface area contributed by atoms with Crippen LogP contribution in [-0.2, 0) is 33.4 Å². The van der Waals surface area contributed by atoms with E-state index in [1.807, 2.05) is 6.07 Å². The Morgan fingerprint density at radius 3 is 2.22 bits per heavy atom. The average Bonchev–Trinajstić information content (AvgIpc) is 3.71. The van der Waals surface area contributed by atoms with Crippen LogP contribution in [0.5, 0.6) is 0 Å². The van der Waals surface area contributed by atoms with Gasteiger partial charge in [0.2, 0.25) is 5.91 Å². The quantitative estimate of drug-likeness (QED) is 0.218. The van der Waals surface area contributed by atoms with E-state index in [0.717, 1.165) is 15.5 Å². The minimum Gasteiger partial charge on any atom is -0.331 e. The number of halogens is 7. The number of nitrogens with zero attached hydrogens (tertiary/aromatic N) is 4. The van der Waals surface area contributed by atoms with Crippen molar-refractivity contribution in [1.29, 1.82) is 5.26 Å². The van der Waals surface area contributed by atoms with Crippen LogP contribution in [0.15, 0.2) is 42.5 Å². The maximum Gasteiger partial charge on any atom is 0.433 e. The number of alkyl halides is 6. The normalized spacial score (nSPS) is 14.4. The van der Waals surface area contributed by atoms with Crippen molar-refractivity contribution in [3.63, 3.8) is 0 Å². The molecule has 244 valence electrons. The van der Waals surface area contributed by atoms with E-state index < -0.39 is 75.8 Å². The van der Waals surface area contributed by atoms with Crippen molar-refractivity contribution in [1.82, 2.24) is 14.5 Å². The van der Waals surface area contributed by atoms with Gasteiger partial charge in [0.25, 0.3) is 0 Å². The highest BCUT2D eigenvalue weighted by Crippen LogP contribution is 2.47. The second-order valence-corrected chi connectivity index (χ2v) is 12.9. The van der Waals surface area contributed by atoms with Crippen molar-refractivity contribution in [2.24, 2.45) is 0 Å². The number of rotatable bonds is 10. The van der Waals surface area contributed by atoms with Gasteiger partial charge in [-0.25, -0.2) is 17.8 Å². The van der Waals surface area contributed by atoms with Crippen molar-refractivity contribution in [2.45, 2.75) is 64.8 Å². The van der Waals surface area contributed by atoms with Crippen molar-refractivity contribution >= 4 is 15.7 Å². The fourth-order valence-electron chi connectivity index (χ4n) is 4.83. The standard InChI is InChI=1S/C29H27F7N4O3S.CH4/c1-3-44(42,43)13-12-39(24(41)15-19-6-11-23(30)22(14-19)28(31,32)33)17(2)27-38-25(20-7-8-20)26(29(34,35)36)40(27)21-9-4-18(16-37)5-10-21;/h4-6,9-11,14,17,20H,3,7-8,12-13,15H2,1-2H3;1H4/t17-;/m1./s1. The highest BCUT2D eigenvalue weighted by atomic mass is 32.2. The third-order valence-corrected chi connectivity index (χ3v) is 9.04. The van der Waals surface area contributed by atoms with Crippen LogP contribution < -0.4 is 0 Å². The van der Waals surface area contributed by atoms with Gasteiger partial charge >= 0.3 is 12.4 Å². The Bertz CT molecular complexity index is 1690. The molecule has 1 saturated carbocycles. The van der Waals surface area contributed by atoms with Gasteiger partial charge < -0.3 is 4.90 Å². The van der Waals surface area contributed by atoms with Crippen LogP contribution in [-0.4, -0.2) is 46.8 Å². The molecule has 0 radical (unpaired) electrons. The van der Waals surface area contributed by atoms with Gasteiger partial charge in [0.05, 0.1) is 41.1 Å². The molecule has 2 aromatic carbocycles. The number of carbonyl (C=O) groups is 1. The number of nitriles is 1. The molecule has 1 aliphatic rings. The Morgan fingerprint density at radius 2 is 1.71 bits per heavy atom. The molecule has 4 rings (SSSR count). The lowest BCUT2D eigenvalue weighted by Crippen LogP contribution is -2.39. The lowest BCUT2D eigenvalue weighted by molar-refractivity contribution is -0.143. The molecule has 7 nitrogen and oxygen atoms in total. The summed E-state index contributed by atoms with van der Waals surface area (Å²) in [5.74, 6) is -4.07. The van der Waals surface area contributed by atoms with E-state index in [4.69, 9.17) is 5.26 Å². The maximum absolute atomic E-state index is 14.6. The molecule has 0 unspecified atom stereocenters. The SMILES string of the molecule is C.CCS(=O)(=O)CCN(C(=O)Cc1ccc(F)c(C(F)(F)F)c1)[C@H](C)c1nc(C2CC2)c(C(F)(F)F)n1-c1ccc(C#N)cc1. The molecule has 15 heteroatoms. The van der Waals surface area contributed by atoms with E-state index in [2.05, 4.69) is 4.98 Å². The van der Waals surface area contributed by atoms with Gasteiger partial charge in [0, 0.05) is 23.9 Å². The monoisotopic (exact) mass is 660 g/mol. The van der Waals surface area contributed by atoms with Crippen LogP contribution in [0.1, 0.15) is 80.0 Å². The smallest absolute Gasteiger partial charge is 0.331 e. The lowest BCUT2D eigenvalue weighted by atomic mass is 10.1. The van der Waals surface area contributed by atoms with Crippen molar-refractivity contribution < 1.29 is 43.9 Å². The number of hydrogen-bond acceptors (Lipinski definition) is 5. The molecular weight excluding hydrogens is 629 g/mol. The number of hydrogen-bond donors (Lipinski definition) is 0. The molecule has 1 atom stereocenters. The first-order valence-electron chi connectivity index (χ1n) is 13.5. The molecule has 1 heterocycles. The number of imidazole rings is 1. The minimum atomic E-state index is -5.05. The summed E-state index contributed by atoms with van der Waals surface area (Å²) in [6.07, 6.45) is -9.77. The zero-order valence-electron chi connectivity index (χ0n) is 23.5. The van der Waals surface area contributed by atoms with E-state index in [9.17, 15) is 43.9 Å². The van der Waals surface area contributed by atoms with E-state index in [-0.39, 0.29) is 41.5 Å². The highest BCUT2D eigenvalue weighted by molar-refractivity contribution is 7.91. The summed E-state index contributed by atoms with van der Waals surface area (Å²) in [4.78, 5) is 18.9. The van der Waals surface area contributed by atoms with Gasteiger partial charge in [0.1, 0.15) is 11.6 Å². The van der Waals surface area contributed by atoms with E-state index in [0.29, 0.717) is 25.0 Å². The fourth-order valence-corrected chi connectivity index (χ4v) is 5.59. The largest absolute Gasteiger partial charge is 0.433 e. The second kappa shape index (κ2) is 13.2. The molecule has 1 amide bonds. The summed E-state index contributed by atoms with van der Waals surface area (Å²) >= 11 is 0. The summed E-state index contributed by atoms with van der Waals surface area (Å²) in [7, 11) is -3.70. The van der Waals surface area contributed by atoms with Crippen molar-refractivity contribution in [3.8, 4) is 11.8 Å². The number of carbonyl (C=O) groups excluding carboxylic acids is 1. The van der Waals surface area contributed by atoms with Gasteiger partial charge in [-0.05, 0) is 61.7 Å². The summed E-state index contributed by atoms with van der Waals surface area (Å²) < 4.78 is 123. The molecular formula is C30H31F7N4O3S. The zero-order valence-corrected chi connectivity index (χ0v) is 24.3. The summed E-state index contributed by atoms with van der Waals surface area (Å²) in [6.45, 7) is 2.22. The average molecular weight is 661 g/mol. The van der Waals surface area contributed by atoms with E-state index in [1.54, 1.807) is 0 Å². The van der Waals surface area contributed by atoms with Crippen LogP contribution in [0, 0.1) is 17.1 Å². The first-order valence-corrected chi connectivity index (χ1v) is 15.3. The van der Waals surface area contributed by atoms with Gasteiger partial charge in [-0.3, -0.25) is 9.36 Å². The maximum atomic E-state index is 14.6. The van der Waals surface area contributed by atoms with E-state index in [1.165, 1.54) is 38.1 Å². The van der Waals surface area contributed by atoms with E-state index >= 15 is 0 Å². The molecule has 1 aromatic heterocycles. The molecule has 1 fully saturated rings. The highest BCUT2D eigenvalue weighted by Gasteiger charge is 2.45. The molecule has 0 spiro atoms. The number of aromatic nitrogens is 2. The topological polar surface area (TPSA) is 96.1 Å². The Morgan fingerprint density at radius 1 is 1.09 bits per heavy atom. The molecule has 0 bridgehead atoms. The van der Waals surface area contributed by atoms with Crippen molar-refractivity contribution in [2.75, 3.05) is 18.1 Å². The van der Waals surface area contributed by atoms with Crippen LogP contribution >= 0.6 is 0 Å². The van der Waals surface area contributed by atoms with Gasteiger partial charge in [0.15, 0.2) is 15.5 Å². The number of sulfone groups is 1. The summed E-state index contributed by atoms with van der Waals surface area (Å²) in [5, 5.41) is 9.16. The summed E-state index contributed by atoms with van der Waals surface area (Å²) in [6, 6.07) is 7.76. The molecule has 0 saturated heterocycles. The third kappa shape index (κ3) is 8.02. The molecule has 0 N–H and O–H groups in total. The zero-order chi connectivity index (χ0) is 32.6.